The van der Waals surface area contributed by atoms with Gasteiger partial charge < -0.3 is 19.5 Å². The van der Waals surface area contributed by atoms with Crippen molar-refractivity contribution in [2.45, 2.75) is 26.9 Å². The molecule has 1 atom stereocenters. The molecule has 0 saturated heterocycles. The second-order valence-corrected chi connectivity index (χ2v) is 6.08. The molecule has 1 aromatic rings. The van der Waals surface area contributed by atoms with Crippen molar-refractivity contribution in [2.24, 2.45) is 5.92 Å². The summed E-state index contributed by atoms with van der Waals surface area (Å²) < 4.78 is 16.0. The topological polar surface area (TPSA) is 73.9 Å². The third-order valence-corrected chi connectivity index (χ3v) is 3.45. The van der Waals surface area contributed by atoms with E-state index in [2.05, 4.69) is 5.32 Å². The van der Waals surface area contributed by atoms with Gasteiger partial charge in [0.2, 0.25) is 0 Å². The highest BCUT2D eigenvalue weighted by Crippen LogP contribution is 2.38. The number of nitrogens with one attached hydrogen (secondary N) is 1. The molecule has 1 amide bonds. The first kappa shape index (κ1) is 17.4. The number of hydrogen-bond donors (Lipinski definition) is 1. The zero-order chi connectivity index (χ0) is 17.0. The molecule has 126 valence electrons. The lowest BCUT2D eigenvalue weighted by atomic mass is 10.2. The van der Waals surface area contributed by atoms with Crippen LogP contribution in [0, 0.1) is 5.92 Å². The summed E-state index contributed by atoms with van der Waals surface area (Å²) in [6, 6.07) is 2.94. The van der Waals surface area contributed by atoms with Crippen molar-refractivity contribution in [1.82, 2.24) is 5.32 Å². The Morgan fingerprint density at radius 2 is 1.96 bits per heavy atom. The molecule has 0 unspecified atom stereocenters. The van der Waals surface area contributed by atoms with E-state index in [1.54, 1.807) is 0 Å². The van der Waals surface area contributed by atoms with E-state index in [0.717, 1.165) is 0 Å². The summed E-state index contributed by atoms with van der Waals surface area (Å²) in [5.41, 5.74) is 0.211. The van der Waals surface area contributed by atoms with Crippen molar-refractivity contribution in [3.8, 4) is 11.5 Å². The fourth-order valence-corrected chi connectivity index (χ4v) is 2.22. The molecule has 2 rings (SSSR count). The first-order valence-corrected chi connectivity index (χ1v) is 7.84. The maximum Gasteiger partial charge on any atom is 0.339 e. The predicted molar refractivity (Wildman–Crippen MR) is 85.2 cm³/mol. The van der Waals surface area contributed by atoms with Gasteiger partial charge in [0.05, 0.1) is 10.6 Å². The average molecular weight is 342 g/mol. The second-order valence-electron chi connectivity index (χ2n) is 5.67. The monoisotopic (exact) mass is 341 g/mol. The first-order valence-electron chi connectivity index (χ1n) is 7.46. The molecule has 0 spiro atoms. The van der Waals surface area contributed by atoms with Crippen LogP contribution in [0.25, 0.3) is 0 Å². The van der Waals surface area contributed by atoms with Crippen LogP contribution >= 0.6 is 11.6 Å². The Labute approximate surface area is 140 Å². The summed E-state index contributed by atoms with van der Waals surface area (Å²) in [7, 11) is 0. The molecule has 1 aromatic carbocycles. The lowest BCUT2D eigenvalue weighted by Gasteiger charge is -2.20. The molecule has 0 aromatic heterocycles. The van der Waals surface area contributed by atoms with Crippen molar-refractivity contribution in [1.29, 1.82) is 0 Å². The van der Waals surface area contributed by atoms with Crippen molar-refractivity contribution < 1.29 is 23.8 Å². The number of amides is 1. The van der Waals surface area contributed by atoms with Crippen LogP contribution in [0.5, 0.6) is 11.5 Å². The van der Waals surface area contributed by atoms with Gasteiger partial charge in [0, 0.05) is 6.54 Å². The van der Waals surface area contributed by atoms with E-state index in [4.69, 9.17) is 25.8 Å². The summed E-state index contributed by atoms with van der Waals surface area (Å²) in [5.74, 6) is 0.148. The normalized spacial score (nSPS) is 14.3. The van der Waals surface area contributed by atoms with Gasteiger partial charge in [-0.3, -0.25) is 4.79 Å². The highest BCUT2D eigenvalue weighted by atomic mass is 35.5. The first-order chi connectivity index (χ1) is 10.9. The largest absolute Gasteiger partial charge is 0.486 e. The minimum atomic E-state index is -0.895. The van der Waals surface area contributed by atoms with Crippen molar-refractivity contribution >= 4 is 23.5 Å². The fraction of sp³-hybridized carbons (Fsp3) is 0.500. The van der Waals surface area contributed by atoms with E-state index in [0.29, 0.717) is 37.2 Å². The molecule has 7 heteroatoms. The summed E-state index contributed by atoms with van der Waals surface area (Å²) in [6.45, 7) is 6.80. The molecular formula is C16H20ClNO5. The lowest BCUT2D eigenvalue weighted by Crippen LogP contribution is -2.37. The number of ether oxygens (including phenoxy) is 3. The maximum absolute atomic E-state index is 12.2. The molecule has 0 radical (unpaired) electrons. The third-order valence-electron chi connectivity index (χ3n) is 3.17. The highest BCUT2D eigenvalue weighted by Gasteiger charge is 2.23. The Morgan fingerprint density at radius 3 is 2.65 bits per heavy atom. The zero-order valence-electron chi connectivity index (χ0n) is 13.3. The Bertz CT molecular complexity index is 602. The number of carbonyl (C=O) groups excluding carboxylic acids is 2. The minimum Gasteiger partial charge on any atom is -0.486 e. The standard InChI is InChI=1S/C16H20ClNO5/c1-9(2)8-18-15(19)10(3)23-16(20)11-6-12(17)14-13(7-11)21-4-5-22-14/h6-7,9-10H,4-5,8H2,1-3H3,(H,18,19)/t10-/m1/s1. The Hall–Kier alpha value is -1.95. The molecule has 0 saturated carbocycles. The van der Waals surface area contributed by atoms with Crippen LogP contribution in [0.4, 0.5) is 0 Å². The molecule has 6 nitrogen and oxygen atoms in total. The number of rotatable bonds is 5. The molecule has 1 N–H and O–H groups in total. The van der Waals surface area contributed by atoms with Gasteiger partial charge in [-0.25, -0.2) is 4.79 Å². The quantitative estimate of drug-likeness (QED) is 0.833. The van der Waals surface area contributed by atoms with Gasteiger partial charge in [-0.15, -0.1) is 0 Å². The third kappa shape index (κ3) is 4.51. The van der Waals surface area contributed by atoms with E-state index in [1.807, 2.05) is 13.8 Å². The van der Waals surface area contributed by atoms with Crippen LogP contribution in [-0.4, -0.2) is 37.7 Å². The Kier molecular flexibility index (Phi) is 5.71. The summed E-state index contributed by atoms with van der Waals surface area (Å²) in [6.07, 6.45) is -0.895. The van der Waals surface area contributed by atoms with Crippen LogP contribution in [0.2, 0.25) is 5.02 Å². The predicted octanol–water partition coefficient (Wildman–Crippen LogP) is 2.43. The summed E-state index contributed by atoms with van der Waals surface area (Å²) in [4.78, 5) is 24.0. The van der Waals surface area contributed by atoms with Crippen LogP contribution in [0.15, 0.2) is 12.1 Å². The van der Waals surface area contributed by atoms with Crippen LogP contribution in [-0.2, 0) is 9.53 Å². The van der Waals surface area contributed by atoms with Crippen LogP contribution in [0.1, 0.15) is 31.1 Å². The number of hydrogen-bond acceptors (Lipinski definition) is 5. The molecule has 0 fully saturated rings. The van der Waals surface area contributed by atoms with E-state index < -0.39 is 12.1 Å². The van der Waals surface area contributed by atoms with Gasteiger partial charge in [-0.2, -0.15) is 0 Å². The fourth-order valence-electron chi connectivity index (χ4n) is 1.96. The average Bonchev–Trinajstić information content (AvgIpc) is 2.52. The van der Waals surface area contributed by atoms with Gasteiger partial charge in [0.25, 0.3) is 5.91 Å². The van der Waals surface area contributed by atoms with Gasteiger partial charge in [-0.1, -0.05) is 25.4 Å². The highest BCUT2D eigenvalue weighted by molar-refractivity contribution is 6.32. The summed E-state index contributed by atoms with van der Waals surface area (Å²) >= 11 is 6.08. The van der Waals surface area contributed by atoms with Gasteiger partial charge in [0.1, 0.15) is 13.2 Å². The van der Waals surface area contributed by atoms with E-state index in [1.165, 1.54) is 19.1 Å². The minimum absolute atomic E-state index is 0.211. The van der Waals surface area contributed by atoms with Gasteiger partial charge >= 0.3 is 5.97 Å². The van der Waals surface area contributed by atoms with E-state index >= 15 is 0 Å². The lowest BCUT2D eigenvalue weighted by molar-refractivity contribution is -0.129. The van der Waals surface area contributed by atoms with Gasteiger partial charge in [0.15, 0.2) is 17.6 Å². The second kappa shape index (κ2) is 7.55. The molecule has 0 aliphatic carbocycles. The molecule has 1 aliphatic rings. The van der Waals surface area contributed by atoms with Crippen LogP contribution < -0.4 is 14.8 Å². The smallest absolute Gasteiger partial charge is 0.339 e. The van der Waals surface area contributed by atoms with Crippen LogP contribution in [0.3, 0.4) is 0 Å². The van der Waals surface area contributed by atoms with Crippen molar-refractivity contribution in [3.63, 3.8) is 0 Å². The van der Waals surface area contributed by atoms with Crippen molar-refractivity contribution in [3.05, 3.63) is 22.7 Å². The summed E-state index contributed by atoms with van der Waals surface area (Å²) in [5, 5.41) is 2.98. The van der Waals surface area contributed by atoms with E-state index in [9.17, 15) is 9.59 Å². The Morgan fingerprint density at radius 1 is 1.26 bits per heavy atom. The van der Waals surface area contributed by atoms with Crippen molar-refractivity contribution in [2.75, 3.05) is 19.8 Å². The van der Waals surface area contributed by atoms with E-state index in [-0.39, 0.29) is 16.5 Å². The number of carbonyl (C=O) groups is 2. The number of benzene rings is 1. The molecular weight excluding hydrogens is 322 g/mol. The molecule has 1 aliphatic heterocycles. The maximum atomic E-state index is 12.2. The van der Waals surface area contributed by atoms with Gasteiger partial charge in [-0.05, 0) is 25.0 Å². The zero-order valence-corrected chi connectivity index (χ0v) is 14.1. The number of esters is 1. The molecule has 1 heterocycles. The molecule has 23 heavy (non-hydrogen) atoms. The number of fused-ring (bicyclic) bond motifs is 1. The SMILES string of the molecule is CC(C)CNC(=O)[C@@H](C)OC(=O)c1cc(Cl)c2c(c1)OCCO2. The number of halogens is 1. The molecule has 0 bridgehead atoms. The Balaban J connectivity index is 2.03.